The second-order valence-corrected chi connectivity index (χ2v) is 7.53. The molecule has 8 heteroatoms. The Hall–Kier alpha value is -2.73. The molecular weight excluding hydrogens is 438 g/mol. The van der Waals surface area contributed by atoms with Gasteiger partial charge in [0.05, 0.1) is 22.4 Å². The summed E-state index contributed by atoms with van der Waals surface area (Å²) in [5.41, 5.74) is 4.06. The van der Waals surface area contributed by atoms with Crippen molar-refractivity contribution in [3.63, 3.8) is 0 Å². The number of isothiocyanates is 2. The molecule has 0 atom stereocenters. The summed E-state index contributed by atoms with van der Waals surface area (Å²) < 4.78 is 7.83. The zero-order valence-corrected chi connectivity index (χ0v) is 20.3. The Kier molecular flexibility index (Phi) is 8.80. The summed E-state index contributed by atoms with van der Waals surface area (Å²) in [5.74, 6) is 1.83. The second-order valence-electron chi connectivity index (χ2n) is 7.17. The van der Waals surface area contributed by atoms with E-state index in [0.717, 1.165) is 54.3 Å². The van der Waals surface area contributed by atoms with E-state index in [1.165, 1.54) is 0 Å². The van der Waals surface area contributed by atoms with Crippen molar-refractivity contribution >= 4 is 57.2 Å². The summed E-state index contributed by atoms with van der Waals surface area (Å²) in [6.45, 7) is 10.7. The Morgan fingerprint density at radius 1 is 1.00 bits per heavy atom. The SMILES string of the molecule is CCOc1ccc(Cc2nc3c(N=C=S)c(N=C=S)ccc3n2CCN(CC)CC)cc1. The Labute approximate surface area is 199 Å². The smallest absolute Gasteiger partial charge is 0.128 e. The van der Waals surface area contributed by atoms with Gasteiger partial charge in [-0.25, -0.2) is 4.98 Å². The number of rotatable bonds is 11. The predicted octanol–water partition coefficient (Wildman–Crippen LogP) is 5.84. The molecule has 0 spiro atoms. The van der Waals surface area contributed by atoms with Gasteiger partial charge in [-0.15, -0.1) is 0 Å². The van der Waals surface area contributed by atoms with Gasteiger partial charge in [-0.3, -0.25) is 0 Å². The third kappa shape index (κ3) is 5.54. The monoisotopic (exact) mass is 465 g/mol. The second kappa shape index (κ2) is 11.8. The van der Waals surface area contributed by atoms with Crippen molar-refractivity contribution in [2.24, 2.45) is 9.98 Å². The van der Waals surface area contributed by atoms with Crippen LogP contribution in [0.4, 0.5) is 11.4 Å². The number of aromatic nitrogens is 2. The van der Waals surface area contributed by atoms with E-state index in [0.29, 0.717) is 24.4 Å². The van der Waals surface area contributed by atoms with Crippen molar-refractivity contribution < 1.29 is 4.74 Å². The summed E-state index contributed by atoms with van der Waals surface area (Å²) in [6, 6.07) is 12.0. The molecule has 3 aromatic rings. The van der Waals surface area contributed by atoms with Crippen LogP contribution in [0.5, 0.6) is 5.75 Å². The average Bonchev–Trinajstić information content (AvgIpc) is 3.15. The lowest BCUT2D eigenvalue weighted by Crippen LogP contribution is -2.27. The highest BCUT2D eigenvalue weighted by Crippen LogP contribution is 2.36. The van der Waals surface area contributed by atoms with Crippen molar-refractivity contribution in [1.82, 2.24) is 14.5 Å². The standard InChI is InChI=1S/C24H27N5OS2/c1-4-28(5-2)13-14-29-21-12-11-20(25-16-31)23(26-17-32)24(21)27-22(29)15-18-7-9-19(10-8-18)30-6-3/h7-12H,4-6,13-15H2,1-3H3. The van der Waals surface area contributed by atoms with Gasteiger partial charge in [0, 0.05) is 19.5 Å². The Balaban J connectivity index is 2.08. The number of thiocarbonyl (C=S) groups is 2. The molecule has 0 aliphatic rings. The molecule has 0 aliphatic carbocycles. The number of hydrogen-bond donors (Lipinski definition) is 0. The summed E-state index contributed by atoms with van der Waals surface area (Å²) in [4.78, 5) is 15.8. The molecule has 0 N–H and O–H groups in total. The lowest BCUT2D eigenvalue weighted by atomic mass is 10.1. The van der Waals surface area contributed by atoms with Gasteiger partial charge in [-0.1, -0.05) is 26.0 Å². The minimum absolute atomic E-state index is 0.574. The molecule has 32 heavy (non-hydrogen) atoms. The van der Waals surface area contributed by atoms with Gasteiger partial charge < -0.3 is 14.2 Å². The van der Waals surface area contributed by atoms with Crippen LogP contribution >= 0.6 is 24.4 Å². The number of benzene rings is 2. The zero-order chi connectivity index (χ0) is 22.9. The van der Waals surface area contributed by atoms with Crippen molar-refractivity contribution in [3.8, 4) is 5.75 Å². The normalized spacial score (nSPS) is 10.8. The maximum atomic E-state index is 5.57. The Morgan fingerprint density at radius 2 is 1.72 bits per heavy atom. The summed E-state index contributed by atoms with van der Waals surface area (Å²) in [5, 5.41) is 4.87. The summed E-state index contributed by atoms with van der Waals surface area (Å²) in [6.07, 6.45) is 0.686. The molecule has 3 rings (SSSR count). The van der Waals surface area contributed by atoms with Crippen LogP contribution in [0, 0.1) is 0 Å². The number of imidazole rings is 1. The minimum Gasteiger partial charge on any atom is -0.494 e. The molecule has 166 valence electrons. The van der Waals surface area contributed by atoms with Crippen molar-refractivity contribution in [2.45, 2.75) is 33.7 Å². The van der Waals surface area contributed by atoms with Crippen LogP contribution < -0.4 is 4.74 Å². The van der Waals surface area contributed by atoms with Crippen LogP contribution in [0.1, 0.15) is 32.2 Å². The number of nitrogens with zero attached hydrogens (tertiary/aromatic N) is 5. The maximum absolute atomic E-state index is 5.57. The number of aliphatic imine (C=N–C) groups is 2. The Bertz CT molecular complexity index is 1160. The van der Waals surface area contributed by atoms with Gasteiger partial charge in [0.1, 0.15) is 28.5 Å². The van der Waals surface area contributed by atoms with Crippen LogP contribution in [0.3, 0.4) is 0 Å². The largest absolute Gasteiger partial charge is 0.494 e. The summed E-state index contributed by atoms with van der Waals surface area (Å²) in [7, 11) is 0. The lowest BCUT2D eigenvalue weighted by molar-refractivity contribution is 0.291. The lowest BCUT2D eigenvalue weighted by Gasteiger charge is -2.19. The molecule has 0 unspecified atom stereocenters. The van der Waals surface area contributed by atoms with Gasteiger partial charge in [-0.05, 0) is 74.3 Å². The third-order valence-corrected chi connectivity index (χ3v) is 5.59. The number of likely N-dealkylation sites (N-methyl/N-ethyl adjacent to an activating group) is 1. The number of ether oxygens (including phenoxy) is 1. The molecule has 0 amide bonds. The molecule has 0 aliphatic heterocycles. The van der Waals surface area contributed by atoms with E-state index in [4.69, 9.17) is 34.2 Å². The van der Waals surface area contributed by atoms with Crippen molar-refractivity contribution in [2.75, 3.05) is 26.2 Å². The number of fused-ring (bicyclic) bond motifs is 1. The highest BCUT2D eigenvalue weighted by atomic mass is 32.1. The van der Waals surface area contributed by atoms with Gasteiger partial charge in [0.15, 0.2) is 0 Å². The van der Waals surface area contributed by atoms with Crippen LogP contribution in [0.25, 0.3) is 11.0 Å². The van der Waals surface area contributed by atoms with E-state index in [1.54, 1.807) is 0 Å². The molecule has 0 saturated heterocycles. The van der Waals surface area contributed by atoms with E-state index >= 15 is 0 Å². The van der Waals surface area contributed by atoms with Gasteiger partial charge in [0.25, 0.3) is 0 Å². The third-order valence-electron chi connectivity index (χ3n) is 5.41. The fourth-order valence-electron chi connectivity index (χ4n) is 3.73. The van der Waals surface area contributed by atoms with Gasteiger partial charge in [-0.2, -0.15) is 9.98 Å². The topological polar surface area (TPSA) is 55.0 Å². The first-order valence-electron chi connectivity index (χ1n) is 10.8. The predicted molar refractivity (Wildman–Crippen MR) is 137 cm³/mol. The molecule has 0 radical (unpaired) electrons. The van der Waals surface area contributed by atoms with E-state index in [9.17, 15) is 0 Å². The molecule has 6 nitrogen and oxygen atoms in total. The van der Waals surface area contributed by atoms with E-state index in [1.807, 2.05) is 31.2 Å². The molecule has 1 heterocycles. The van der Waals surface area contributed by atoms with Crippen LogP contribution in [-0.4, -0.2) is 51.0 Å². The van der Waals surface area contributed by atoms with Crippen LogP contribution in [0.15, 0.2) is 46.4 Å². The highest BCUT2D eigenvalue weighted by Gasteiger charge is 2.17. The maximum Gasteiger partial charge on any atom is 0.128 e. The first-order valence-corrected chi connectivity index (χ1v) is 11.6. The van der Waals surface area contributed by atoms with E-state index < -0.39 is 0 Å². The van der Waals surface area contributed by atoms with E-state index in [2.05, 4.69) is 55.8 Å². The molecule has 2 aromatic carbocycles. The van der Waals surface area contributed by atoms with Gasteiger partial charge in [0.2, 0.25) is 0 Å². The minimum atomic E-state index is 0.574. The van der Waals surface area contributed by atoms with Crippen LogP contribution in [-0.2, 0) is 13.0 Å². The molecule has 0 saturated carbocycles. The van der Waals surface area contributed by atoms with Crippen molar-refractivity contribution in [1.29, 1.82) is 0 Å². The first-order chi connectivity index (χ1) is 15.6. The van der Waals surface area contributed by atoms with Gasteiger partial charge >= 0.3 is 0 Å². The van der Waals surface area contributed by atoms with Crippen LogP contribution in [0.2, 0.25) is 0 Å². The quantitative estimate of drug-likeness (QED) is 0.263. The van der Waals surface area contributed by atoms with Crippen molar-refractivity contribution in [3.05, 3.63) is 47.8 Å². The fraction of sp³-hybridized carbons (Fsp3) is 0.375. The molecule has 0 bridgehead atoms. The van der Waals surface area contributed by atoms with E-state index in [-0.39, 0.29) is 0 Å². The first kappa shape index (κ1) is 23.9. The fourth-order valence-corrected chi connectivity index (χ4v) is 3.92. The molecule has 1 aromatic heterocycles. The number of hydrogen-bond acceptors (Lipinski definition) is 7. The molecular formula is C24H27N5OS2. The molecule has 0 fully saturated rings. The highest BCUT2D eigenvalue weighted by molar-refractivity contribution is 7.78. The summed E-state index contributed by atoms with van der Waals surface area (Å²) >= 11 is 9.68. The zero-order valence-electron chi connectivity index (χ0n) is 18.7. The Morgan fingerprint density at radius 3 is 2.34 bits per heavy atom. The average molecular weight is 466 g/mol.